The fourth-order valence-corrected chi connectivity index (χ4v) is 2.02. The molecular weight excluding hydrogens is 162 g/mol. The lowest BCUT2D eigenvalue weighted by molar-refractivity contribution is -0.127. The summed E-state index contributed by atoms with van der Waals surface area (Å²) in [5.74, 6) is 0.269. The first kappa shape index (κ1) is 10.5. The van der Waals surface area contributed by atoms with Crippen molar-refractivity contribution < 1.29 is 4.79 Å². The van der Waals surface area contributed by atoms with Gasteiger partial charge in [0.15, 0.2) is 0 Å². The second-order valence-corrected chi connectivity index (χ2v) is 4.47. The van der Waals surface area contributed by atoms with Crippen molar-refractivity contribution in [1.29, 1.82) is 0 Å². The summed E-state index contributed by atoms with van der Waals surface area (Å²) in [6.45, 7) is 7.65. The Morgan fingerprint density at radius 2 is 2.31 bits per heavy atom. The fourth-order valence-electron chi connectivity index (χ4n) is 2.02. The van der Waals surface area contributed by atoms with Crippen molar-refractivity contribution in [2.75, 3.05) is 0 Å². The van der Waals surface area contributed by atoms with Crippen molar-refractivity contribution in [2.24, 2.45) is 11.1 Å². The van der Waals surface area contributed by atoms with Gasteiger partial charge in [-0.05, 0) is 19.8 Å². The van der Waals surface area contributed by atoms with E-state index >= 15 is 0 Å². The summed E-state index contributed by atoms with van der Waals surface area (Å²) in [7, 11) is 0. The summed E-state index contributed by atoms with van der Waals surface area (Å²) in [6, 6.07) is 0.0550. The summed E-state index contributed by atoms with van der Waals surface area (Å²) in [5, 5.41) is 0. The predicted molar refractivity (Wildman–Crippen MR) is 54.4 cm³/mol. The van der Waals surface area contributed by atoms with E-state index in [4.69, 9.17) is 5.73 Å². The number of hydrogen-bond acceptors (Lipinski definition) is 2. The molecule has 1 aliphatic carbocycles. The molecule has 2 nitrogen and oxygen atoms in total. The molecule has 1 aliphatic rings. The third-order valence-corrected chi connectivity index (χ3v) is 3.13. The van der Waals surface area contributed by atoms with Gasteiger partial charge < -0.3 is 5.73 Å². The molecule has 0 heterocycles. The molecule has 2 heteroatoms. The van der Waals surface area contributed by atoms with E-state index in [1.54, 1.807) is 0 Å². The van der Waals surface area contributed by atoms with Crippen LogP contribution in [0.1, 0.15) is 39.5 Å². The fraction of sp³-hybridized carbons (Fsp3) is 0.727. The highest BCUT2D eigenvalue weighted by Gasteiger charge is 2.41. The molecule has 1 rings (SSSR count). The molecule has 0 aliphatic heterocycles. The maximum atomic E-state index is 11.8. The Morgan fingerprint density at radius 1 is 1.69 bits per heavy atom. The zero-order valence-corrected chi connectivity index (χ0v) is 8.60. The van der Waals surface area contributed by atoms with Gasteiger partial charge >= 0.3 is 0 Å². The Kier molecular flexibility index (Phi) is 2.91. The molecule has 0 radical (unpaired) electrons. The smallest absolute Gasteiger partial charge is 0.144 e. The first-order chi connectivity index (χ1) is 5.97. The molecular formula is C11H19NO. The number of carbonyl (C=O) groups excluding carboxylic acids is 1. The third kappa shape index (κ3) is 1.99. The number of allylic oxidation sites excluding steroid dienone is 1. The number of hydrogen-bond donors (Lipinski definition) is 1. The Labute approximate surface area is 80.2 Å². The minimum absolute atomic E-state index is 0.0550. The van der Waals surface area contributed by atoms with Crippen LogP contribution in [0.4, 0.5) is 0 Å². The van der Waals surface area contributed by atoms with E-state index in [1.165, 1.54) is 0 Å². The van der Waals surface area contributed by atoms with Crippen LogP contribution in [0.2, 0.25) is 0 Å². The number of nitrogens with two attached hydrogens (primary N) is 1. The molecule has 74 valence electrons. The van der Waals surface area contributed by atoms with Crippen molar-refractivity contribution in [2.45, 2.75) is 45.6 Å². The van der Waals surface area contributed by atoms with Gasteiger partial charge in [0.2, 0.25) is 0 Å². The van der Waals surface area contributed by atoms with Crippen molar-refractivity contribution in [1.82, 2.24) is 0 Å². The van der Waals surface area contributed by atoms with Crippen LogP contribution in [0, 0.1) is 5.41 Å². The molecule has 0 aromatic carbocycles. The van der Waals surface area contributed by atoms with Crippen LogP contribution in [-0.4, -0.2) is 11.8 Å². The van der Waals surface area contributed by atoms with E-state index in [-0.39, 0.29) is 17.2 Å². The topological polar surface area (TPSA) is 43.1 Å². The van der Waals surface area contributed by atoms with Crippen molar-refractivity contribution in [3.05, 3.63) is 12.2 Å². The second kappa shape index (κ2) is 3.62. The Balaban J connectivity index is 2.68. The molecule has 0 amide bonds. The lowest BCUT2D eigenvalue weighted by Gasteiger charge is -2.27. The molecule has 2 unspecified atom stereocenters. The summed E-state index contributed by atoms with van der Waals surface area (Å²) in [4.78, 5) is 11.8. The quantitative estimate of drug-likeness (QED) is 0.677. The third-order valence-electron chi connectivity index (χ3n) is 3.13. The maximum Gasteiger partial charge on any atom is 0.144 e. The molecule has 0 spiro atoms. The van der Waals surface area contributed by atoms with Crippen LogP contribution in [0.25, 0.3) is 0 Å². The summed E-state index contributed by atoms with van der Waals surface area (Å²) in [6.07, 6.45) is 3.50. The molecule has 0 saturated heterocycles. The summed E-state index contributed by atoms with van der Waals surface area (Å²) < 4.78 is 0. The highest BCUT2D eigenvalue weighted by atomic mass is 16.1. The molecule has 0 aromatic rings. The van der Waals surface area contributed by atoms with Gasteiger partial charge in [-0.2, -0.15) is 0 Å². The number of carbonyl (C=O) groups is 1. The van der Waals surface area contributed by atoms with Gasteiger partial charge in [0.05, 0.1) is 0 Å². The van der Waals surface area contributed by atoms with Crippen LogP contribution in [0.3, 0.4) is 0 Å². The van der Waals surface area contributed by atoms with Gasteiger partial charge in [-0.15, -0.1) is 0 Å². The van der Waals surface area contributed by atoms with Crippen LogP contribution in [-0.2, 0) is 4.79 Å². The first-order valence-electron chi connectivity index (χ1n) is 4.90. The van der Waals surface area contributed by atoms with E-state index in [1.807, 2.05) is 13.8 Å². The lowest BCUT2D eigenvalue weighted by atomic mass is 9.79. The van der Waals surface area contributed by atoms with E-state index in [0.29, 0.717) is 6.42 Å². The van der Waals surface area contributed by atoms with Crippen molar-refractivity contribution >= 4 is 5.78 Å². The number of ketones is 1. The van der Waals surface area contributed by atoms with Gasteiger partial charge in [-0.25, -0.2) is 0 Å². The molecule has 2 atom stereocenters. The van der Waals surface area contributed by atoms with Crippen LogP contribution < -0.4 is 5.73 Å². The Bertz CT molecular complexity index is 234. The van der Waals surface area contributed by atoms with Crippen LogP contribution >= 0.6 is 0 Å². The number of Topliss-reactive ketones (excluding diaryl/α,β-unsaturated/α-hetero) is 1. The minimum atomic E-state index is -0.279. The standard InChI is InChI=1S/C11H19NO/c1-8(2)7-10(13)11(3)6-4-5-9(11)12/h9H,1,4-7,12H2,2-3H3. The largest absolute Gasteiger partial charge is 0.327 e. The van der Waals surface area contributed by atoms with E-state index in [2.05, 4.69) is 6.58 Å². The normalized spacial score (nSPS) is 33.3. The van der Waals surface area contributed by atoms with E-state index < -0.39 is 0 Å². The van der Waals surface area contributed by atoms with Crippen molar-refractivity contribution in [3.63, 3.8) is 0 Å². The van der Waals surface area contributed by atoms with Gasteiger partial charge in [0, 0.05) is 17.9 Å². The van der Waals surface area contributed by atoms with Gasteiger partial charge in [-0.3, -0.25) is 4.79 Å². The Hall–Kier alpha value is -0.630. The first-order valence-corrected chi connectivity index (χ1v) is 4.90. The molecule has 1 saturated carbocycles. The van der Waals surface area contributed by atoms with E-state index in [9.17, 15) is 4.79 Å². The molecule has 0 bridgehead atoms. The van der Waals surface area contributed by atoms with E-state index in [0.717, 1.165) is 24.8 Å². The monoisotopic (exact) mass is 181 g/mol. The summed E-state index contributed by atoms with van der Waals surface area (Å²) in [5.41, 5.74) is 6.60. The van der Waals surface area contributed by atoms with Crippen molar-refractivity contribution in [3.8, 4) is 0 Å². The highest BCUT2D eigenvalue weighted by Crippen LogP contribution is 2.38. The summed E-state index contributed by atoms with van der Waals surface area (Å²) >= 11 is 0. The van der Waals surface area contributed by atoms with Gasteiger partial charge in [0.25, 0.3) is 0 Å². The minimum Gasteiger partial charge on any atom is -0.327 e. The van der Waals surface area contributed by atoms with Crippen LogP contribution in [0.15, 0.2) is 12.2 Å². The molecule has 2 N–H and O–H groups in total. The average Bonchev–Trinajstić information content (AvgIpc) is 2.32. The molecule has 13 heavy (non-hydrogen) atoms. The average molecular weight is 181 g/mol. The molecule has 1 fully saturated rings. The van der Waals surface area contributed by atoms with Gasteiger partial charge in [0.1, 0.15) is 5.78 Å². The molecule has 0 aromatic heterocycles. The Morgan fingerprint density at radius 3 is 2.69 bits per heavy atom. The lowest BCUT2D eigenvalue weighted by Crippen LogP contribution is -2.41. The number of rotatable bonds is 3. The maximum absolute atomic E-state index is 11.8. The second-order valence-electron chi connectivity index (χ2n) is 4.47. The predicted octanol–water partition coefficient (Wildman–Crippen LogP) is 2.04. The highest BCUT2D eigenvalue weighted by molar-refractivity contribution is 5.87. The van der Waals surface area contributed by atoms with Gasteiger partial charge in [-0.1, -0.05) is 25.5 Å². The van der Waals surface area contributed by atoms with Crippen LogP contribution in [0.5, 0.6) is 0 Å². The zero-order valence-electron chi connectivity index (χ0n) is 8.60. The SMILES string of the molecule is C=C(C)CC(=O)C1(C)CCCC1N. The zero-order chi connectivity index (χ0) is 10.1.